The first-order chi connectivity index (χ1) is 8.63. The van der Waals surface area contributed by atoms with Crippen molar-refractivity contribution in [3.05, 3.63) is 44.8 Å². The summed E-state index contributed by atoms with van der Waals surface area (Å²) < 4.78 is 4.82. The van der Waals surface area contributed by atoms with Crippen molar-refractivity contribution >= 4 is 11.8 Å². The van der Waals surface area contributed by atoms with Gasteiger partial charge in [-0.25, -0.2) is 4.79 Å². The van der Waals surface area contributed by atoms with E-state index in [4.69, 9.17) is 10.3 Å². The van der Waals surface area contributed by atoms with Gasteiger partial charge in [0, 0.05) is 30.1 Å². The average molecular weight is 251 g/mol. The van der Waals surface area contributed by atoms with Crippen molar-refractivity contribution in [1.29, 1.82) is 0 Å². The van der Waals surface area contributed by atoms with E-state index >= 15 is 0 Å². The van der Waals surface area contributed by atoms with Crippen molar-refractivity contribution in [1.82, 2.24) is 5.32 Å². The summed E-state index contributed by atoms with van der Waals surface area (Å²) in [6, 6.07) is 5.07. The summed E-state index contributed by atoms with van der Waals surface area (Å²) in [7, 11) is 0. The molecular formula is C9H9N5O4. The minimum Gasteiger partial charge on any atom is -0.410 e. The van der Waals surface area contributed by atoms with Gasteiger partial charge in [0.1, 0.15) is 5.75 Å². The molecule has 0 aliphatic carbocycles. The molecule has 9 nitrogen and oxygen atoms in total. The fourth-order valence-corrected chi connectivity index (χ4v) is 1.03. The smallest absolute Gasteiger partial charge is 0.410 e. The Hall–Kier alpha value is -2.80. The van der Waals surface area contributed by atoms with E-state index < -0.39 is 11.0 Å². The van der Waals surface area contributed by atoms with Crippen LogP contribution in [-0.2, 0) is 0 Å². The lowest BCUT2D eigenvalue weighted by Crippen LogP contribution is -2.28. The molecule has 0 bridgehead atoms. The summed E-state index contributed by atoms with van der Waals surface area (Å²) in [5.74, 6) is 0.182. The van der Waals surface area contributed by atoms with E-state index in [2.05, 4.69) is 15.3 Å². The Labute approximate surface area is 101 Å². The van der Waals surface area contributed by atoms with Gasteiger partial charge in [-0.1, -0.05) is 5.11 Å². The maximum Gasteiger partial charge on any atom is 0.412 e. The second-order valence-electron chi connectivity index (χ2n) is 3.02. The number of benzene rings is 1. The zero-order valence-electron chi connectivity index (χ0n) is 9.15. The monoisotopic (exact) mass is 251 g/mol. The van der Waals surface area contributed by atoms with Gasteiger partial charge < -0.3 is 10.1 Å². The van der Waals surface area contributed by atoms with E-state index in [9.17, 15) is 14.9 Å². The number of nitrogens with one attached hydrogen (secondary N) is 1. The van der Waals surface area contributed by atoms with Gasteiger partial charge in [-0.2, -0.15) is 0 Å². The highest BCUT2D eigenvalue weighted by atomic mass is 16.6. The highest BCUT2D eigenvalue weighted by Gasteiger charge is 2.07. The Bertz CT molecular complexity index is 480. The Morgan fingerprint density at radius 2 is 2.17 bits per heavy atom. The maximum absolute atomic E-state index is 11.2. The first kappa shape index (κ1) is 13.3. The van der Waals surface area contributed by atoms with E-state index in [1.165, 1.54) is 24.3 Å². The number of carbonyl (C=O) groups is 1. The number of rotatable bonds is 5. The molecule has 0 atom stereocenters. The largest absolute Gasteiger partial charge is 0.412 e. The van der Waals surface area contributed by atoms with Crippen molar-refractivity contribution in [3.8, 4) is 5.75 Å². The molecule has 0 saturated heterocycles. The highest BCUT2D eigenvalue weighted by Crippen LogP contribution is 2.17. The predicted molar refractivity (Wildman–Crippen MR) is 61.1 cm³/mol. The first-order valence-corrected chi connectivity index (χ1v) is 4.84. The van der Waals surface area contributed by atoms with Gasteiger partial charge in [-0.15, -0.1) is 0 Å². The molecule has 0 radical (unpaired) electrons. The maximum atomic E-state index is 11.2. The number of carbonyl (C=O) groups excluding carboxylic acids is 1. The number of ether oxygens (including phenoxy) is 1. The second-order valence-corrected chi connectivity index (χ2v) is 3.02. The zero-order valence-corrected chi connectivity index (χ0v) is 9.15. The van der Waals surface area contributed by atoms with Crippen LogP contribution in [0.3, 0.4) is 0 Å². The highest BCUT2D eigenvalue weighted by molar-refractivity contribution is 5.70. The molecule has 18 heavy (non-hydrogen) atoms. The van der Waals surface area contributed by atoms with E-state index in [-0.39, 0.29) is 24.5 Å². The third kappa shape index (κ3) is 4.37. The number of nitrogens with zero attached hydrogens (tertiary/aromatic N) is 4. The third-order valence-electron chi connectivity index (χ3n) is 1.80. The van der Waals surface area contributed by atoms with E-state index in [0.717, 1.165) is 0 Å². The van der Waals surface area contributed by atoms with Crippen LogP contribution in [0.1, 0.15) is 0 Å². The van der Waals surface area contributed by atoms with Gasteiger partial charge in [0.15, 0.2) is 0 Å². The lowest BCUT2D eigenvalue weighted by atomic mass is 10.3. The molecule has 0 aliphatic rings. The Kier molecular flexibility index (Phi) is 4.95. The number of hydrogen-bond acceptors (Lipinski definition) is 5. The third-order valence-corrected chi connectivity index (χ3v) is 1.80. The number of nitro groups is 1. The molecule has 0 spiro atoms. The molecular weight excluding hydrogens is 242 g/mol. The van der Waals surface area contributed by atoms with Crippen LogP contribution in [0, 0.1) is 10.1 Å². The molecule has 0 unspecified atom stereocenters. The first-order valence-electron chi connectivity index (χ1n) is 4.84. The van der Waals surface area contributed by atoms with Crippen molar-refractivity contribution in [3.63, 3.8) is 0 Å². The number of azide groups is 1. The predicted octanol–water partition coefficient (Wildman–Crippen LogP) is 1.99. The van der Waals surface area contributed by atoms with Crippen LogP contribution in [0.5, 0.6) is 5.75 Å². The van der Waals surface area contributed by atoms with Gasteiger partial charge in [0.2, 0.25) is 0 Å². The molecule has 1 N–H and O–H groups in total. The molecule has 1 aromatic carbocycles. The number of nitro benzene ring substituents is 1. The SMILES string of the molecule is [N-]=[N+]=NCCNC(=O)Oc1ccc([N+](=O)[O-])cc1. The summed E-state index contributed by atoms with van der Waals surface area (Å²) in [5, 5.41) is 15.9. The number of non-ortho nitro benzene ring substituents is 1. The number of amides is 1. The van der Waals surface area contributed by atoms with Gasteiger partial charge in [-0.3, -0.25) is 10.1 Å². The second kappa shape index (κ2) is 6.71. The van der Waals surface area contributed by atoms with Crippen molar-refractivity contribution in [2.45, 2.75) is 0 Å². The molecule has 0 saturated carbocycles. The molecule has 0 fully saturated rings. The van der Waals surface area contributed by atoms with Crippen LogP contribution in [0.4, 0.5) is 10.5 Å². The molecule has 94 valence electrons. The Morgan fingerprint density at radius 1 is 1.50 bits per heavy atom. The normalized spacial score (nSPS) is 9.11. The summed E-state index contributed by atoms with van der Waals surface area (Å²) in [6.07, 6.45) is -0.725. The molecule has 0 heterocycles. The molecule has 1 amide bonds. The van der Waals surface area contributed by atoms with Crippen molar-refractivity contribution < 1.29 is 14.5 Å². The minimum absolute atomic E-state index is 0.0916. The molecule has 0 aromatic heterocycles. The van der Waals surface area contributed by atoms with E-state index in [0.29, 0.717) is 0 Å². The Morgan fingerprint density at radius 3 is 2.72 bits per heavy atom. The van der Waals surface area contributed by atoms with Crippen LogP contribution in [0.15, 0.2) is 29.4 Å². The van der Waals surface area contributed by atoms with Crippen molar-refractivity contribution in [2.75, 3.05) is 13.1 Å². The van der Waals surface area contributed by atoms with E-state index in [1.54, 1.807) is 0 Å². The fourth-order valence-electron chi connectivity index (χ4n) is 1.03. The molecule has 1 aromatic rings. The number of hydrogen-bond donors (Lipinski definition) is 1. The standard InChI is InChI=1S/C9H9N5O4/c10-13-12-6-5-11-9(15)18-8-3-1-7(2-4-8)14(16)17/h1-4H,5-6H2,(H,11,15). The van der Waals surface area contributed by atoms with Gasteiger partial charge >= 0.3 is 6.09 Å². The van der Waals surface area contributed by atoms with Gasteiger partial charge in [-0.05, 0) is 17.7 Å². The summed E-state index contributed by atoms with van der Waals surface area (Å²) in [4.78, 5) is 23.5. The zero-order chi connectivity index (χ0) is 13.4. The summed E-state index contributed by atoms with van der Waals surface area (Å²) >= 11 is 0. The Balaban J connectivity index is 2.44. The van der Waals surface area contributed by atoms with E-state index in [1.807, 2.05) is 0 Å². The van der Waals surface area contributed by atoms with Crippen LogP contribution in [0.25, 0.3) is 10.4 Å². The molecule has 1 rings (SSSR count). The van der Waals surface area contributed by atoms with Gasteiger partial charge in [0.05, 0.1) is 4.92 Å². The average Bonchev–Trinajstić information content (AvgIpc) is 2.35. The summed E-state index contributed by atoms with van der Waals surface area (Å²) in [5.41, 5.74) is 7.91. The fraction of sp³-hybridized carbons (Fsp3) is 0.222. The van der Waals surface area contributed by atoms with Crippen LogP contribution < -0.4 is 10.1 Å². The summed E-state index contributed by atoms with van der Waals surface area (Å²) in [6.45, 7) is 0.266. The molecule has 0 aliphatic heterocycles. The van der Waals surface area contributed by atoms with Crippen LogP contribution >= 0.6 is 0 Å². The van der Waals surface area contributed by atoms with Crippen molar-refractivity contribution in [2.24, 2.45) is 5.11 Å². The molecule has 9 heteroatoms. The minimum atomic E-state index is -0.725. The van der Waals surface area contributed by atoms with Crippen LogP contribution in [-0.4, -0.2) is 24.1 Å². The topological polar surface area (TPSA) is 130 Å². The van der Waals surface area contributed by atoms with Gasteiger partial charge in [0.25, 0.3) is 5.69 Å². The quantitative estimate of drug-likeness (QED) is 0.214. The lowest BCUT2D eigenvalue weighted by Gasteiger charge is -2.04. The lowest BCUT2D eigenvalue weighted by molar-refractivity contribution is -0.384. The van der Waals surface area contributed by atoms with Crippen LogP contribution in [0.2, 0.25) is 0 Å².